The van der Waals surface area contributed by atoms with E-state index in [1.807, 2.05) is 0 Å². The van der Waals surface area contributed by atoms with Gasteiger partial charge in [0.25, 0.3) is 11.1 Å². The normalized spacial score (nSPS) is 31.1. The SMILES string of the molecule is COC[C@H]1O[C@@H](n2ccc(=O)[nH]c2=O)[C@H](OC)[C@@H]1OP(=O)(O)O[C@@H]1[C@H](O)[C@@H](CO)O[C@H]1n1cnc2c(=O)[nH]c(N)nc21. The third kappa shape index (κ3) is 5.56. The van der Waals surface area contributed by atoms with Gasteiger partial charge in [-0.3, -0.25) is 37.7 Å². The van der Waals surface area contributed by atoms with Crippen LogP contribution in [0.15, 0.2) is 33.0 Å². The minimum atomic E-state index is -5.16. The number of anilines is 1. The smallest absolute Gasteiger partial charge is 0.394 e. The lowest BCUT2D eigenvalue weighted by atomic mass is 10.1. The fraction of sp³-hybridized carbons (Fsp3) is 0.571. The van der Waals surface area contributed by atoms with Gasteiger partial charge in [-0.1, -0.05) is 0 Å². The molecule has 2 aliphatic rings. The van der Waals surface area contributed by atoms with Gasteiger partial charge in [0.05, 0.1) is 19.5 Å². The third-order valence-corrected chi connectivity index (χ3v) is 7.76. The second-order valence-electron chi connectivity index (χ2n) is 9.36. The lowest BCUT2D eigenvalue weighted by Crippen LogP contribution is -2.40. The van der Waals surface area contributed by atoms with Crippen molar-refractivity contribution in [3.8, 4) is 0 Å². The quantitative estimate of drug-likeness (QED) is 0.123. The highest BCUT2D eigenvalue weighted by Gasteiger charge is 2.53. The summed E-state index contributed by atoms with van der Waals surface area (Å²) in [5.74, 6) is -0.257. The van der Waals surface area contributed by atoms with Crippen LogP contribution in [-0.4, -0.2) is 108 Å². The molecule has 1 unspecified atom stereocenters. The Morgan fingerprint density at radius 3 is 2.43 bits per heavy atom. The van der Waals surface area contributed by atoms with Crippen molar-refractivity contribution in [3.63, 3.8) is 0 Å². The Morgan fingerprint density at radius 2 is 1.76 bits per heavy atom. The standard InChI is InChI=1S/C21H28N7O13P/c1-36-6-9-13(15(37-2)19(39-9)27-4-3-10(30)24-21(27)33)40-42(34,35)41-14-12(31)8(5-29)38-18(14)28-7-23-11-16(28)25-20(22)26-17(11)32/h3-4,7-9,12-15,18-19,29,31H,5-6H2,1-2H3,(H,34,35)(H,24,30,33)(H3,22,25,26,32)/t8-,9-,12-,13-,14-,15-,18-,19-/m1/s1. The highest BCUT2D eigenvalue weighted by molar-refractivity contribution is 7.47. The molecule has 230 valence electrons. The van der Waals surface area contributed by atoms with E-state index in [1.54, 1.807) is 0 Å². The number of nitrogen functional groups attached to an aromatic ring is 1. The largest absolute Gasteiger partial charge is 0.473 e. The van der Waals surface area contributed by atoms with Crippen molar-refractivity contribution in [1.82, 2.24) is 29.1 Å². The Hall–Kier alpha value is -3.30. The van der Waals surface area contributed by atoms with Crippen LogP contribution < -0.4 is 22.5 Å². The fourth-order valence-electron chi connectivity index (χ4n) is 4.90. The average molecular weight is 617 g/mol. The van der Waals surface area contributed by atoms with Crippen LogP contribution in [0.25, 0.3) is 11.2 Å². The molecule has 3 aromatic heterocycles. The molecule has 9 atom stereocenters. The molecule has 0 bridgehead atoms. The molecule has 3 aromatic rings. The molecular formula is C21H28N7O13P. The Balaban J connectivity index is 1.44. The summed E-state index contributed by atoms with van der Waals surface area (Å²) >= 11 is 0. The number of hydrogen-bond acceptors (Lipinski definition) is 15. The number of ether oxygens (including phenoxy) is 4. The predicted octanol–water partition coefficient (Wildman–Crippen LogP) is -3.07. The lowest BCUT2D eigenvalue weighted by molar-refractivity contribution is -0.0673. The summed E-state index contributed by atoms with van der Waals surface area (Å²) in [5.41, 5.74) is 3.25. The molecule has 0 spiro atoms. The van der Waals surface area contributed by atoms with Crippen molar-refractivity contribution in [2.24, 2.45) is 0 Å². The number of aromatic nitrogens is 6. The zero-order valence-electron chi connectivity index (χ0n) is 22.0. The number of phosphoric ester groups is 1. The number of phosphoric acid groups is 1. The van der Waals surface area contributed by atoms with Gasteiger partial charge in [-0.05, 0) is 0 Å². The number of hydrogen-bond donors (Lipinski definition) is 6. The molecule has 0 amide bonds. The molecule has 20 nitrogen and oxygen atoms in total. The topological polar surface area (TPSA) is 278 Å². The first-order chi connectivity index (χ1) is 20.0. The van der Waals surface area contributed by atoms with E-state index in [9.17, 15) is 34.1 Å². The number of H-pyrrole nitrogens is 2. The van der Waals surface area contributed by atoms with Crippen LogP contribution in [0.1, 0.15) is 12.5 Å². The van der Waals surface area contributed by atoms with E-state index in [-0.39, 0.29) is 23.7 Å². The summed E-state index contributed by atoms with van der Waals surface area (Å²) in [6, 6.07) is 1.08. The van der Waals surface area contributed by atoms with Crippen molar-refractivity contribution in [2.45, 2.75) is 49.1 Å². The van der Waals surface area contributed by atoms with Gasteiger partial charge in [0, 0.05) is 26.5 Å². The van der Waals surface area contributed by atoms with E-state index in [1.165, 1.54) is 14.2 Å². The summed E-state index contributed by atoms with van der Waals surface area (Å²) < 4.78 is 48.6. The Morgan fingerprint density at radius 1 is 1.07 bits per heavy atom. The number of imidazole rings is 1. The van der Waals surface area contributed by atoms with Crippen molar-refractivity contribution >= 4 is 24.9 Å². The molecule has 5 rings (SSSR count). The number of nitrogens with two attached hydrogens (primary N) is 1. The lowest BCUT2D eigenvalue weighted by Gasteiger charge is -2.28. The van der Waals surface area contributed by atoms with Crippen LogP contribution in [0.5, 0.6) is 0 Å². The highest BCUT2D eigenvalue weighted by Crippen LogP contribution is 2.52. The van der Waals surface area contributed by atoms with E-state index in [2.05, 4.69) is 19.9 Å². The number of aliphatic hydroxyl groups is 2. The predicted molar refractivity (Wildman–Crippen MR) is 137 cm³/mol. The van der Waals surface area contributed by atoms with E-state index < -0.39 is 80.3 Å². The monoisotopic (exact) mass is 617 g/mol. The summed E-state index contributed by atoms with van der Waals surface area (Å²) in [6.07, 6.45) is -8.63. The molecule has 0 aliphatic carbocycles. The number of aliphatic hydroxyl groups excluding tert-OH is 2. The minimum Gasteiger partial charge on any atom is -0.394 e. The third-order valence-electron chi connectivity index (χ3n) is 6.74. The summed E-state index contributed by atoms with van der Waals surface area (Å²) in [7, 11) is -2.58. The molecule has 2 saturated heterocycles. The van der Waals surface area contributed by atoms with Gasteiger partial charge in [0.2, 0.25) is 5.95 Å². The van der Waals surface area contributed by atoms with Crippen molar-refractivity contribution in [2.75, 3.05) is 33.2 Å². The molecule has 7 N–H and O–H groups in total. The highest BCUT2D eigenvalue weighted by atomic mass is 31.2. The summed E-state index contributed by atoms with van der Waals surface area (Å²) in [5, 5.41) is 20.5. The van der Waals surface area contributed by atoms with Gasteiger partial charge in [-0.25, -0.2) is 14.3 Å². The van der Waals surface area contributed by atoms with E-state index in [4.69, 9.17) is 33.7 Å². The maximum absolute atomic E-state index is 13.4. The van der Waals surface area contributed by atoms with E-state index in [0.29, 0.717) is 0 Å². The van der Waals surface area contributed by atoms with Gasteiger partial charge in [0.15, 0.2) is 23.6 Å². The van der Waals surface area contributed by atoms with E-state index in [0.717, 1.165) is 27.7 Å². The van der Waals surface area contributed by atoms with Crippen LogP contribution in [0, 0.1) is 0 Å². The number of methoxy groups -OCH3 is 2. The Bertz CT molecular complexity index is 1660. The van der Waals surface area contributed by atoms with Gasteiger partial charge in [0.1, 0.15) is 36.6 Å². The first kappa shape index (κ1) is 30.2. The van der Waals surface area contributed by atoms with Crippen molar-refractivity contribution in [3.05, 3.63) is 49.8 Å². The molecule has 42 heavy (non-hydrogen) atoms. The van der Waals surface area contributed by atoms with Crippen molar-refractivity contribution < 1.29 is 47.7 Å². The second-order valence-corrected chi connectivity index (χ2v) is 10.7. The van der Waals surface area contributed by atoms with Crippen LogP contribution >= 0.6 is 7.82 Å². The molecule has 2 aliphatic heterocycles. The van der Waals surface area contributed by atoms with Crippen molar-refractivity contribution in [1.29, 1.82) is 0 Å². The van der Waals surface area contributed by atoms with Crippen LogP contribution in [0.3, 0.4) is 0 Å². The number of nitrogens with zero attached hydrogens (tertiary/aromatic N) is 4. The Labute approximate surface area is 234 Å². The molecule has 5 heterocycles. The van der Waals surface area contributed by atoms with Gasteiger partial charge >= 0.3 is 13.5 Å². The van der Waals surface area contributed by atoms with Gasteiger partial charge in [-0.15, -0.1) is 0 Å². The van der Waals surface area contributed by atoms with Gasteiger partial charge in [-0.2, -0.15) is 4.98 Å². The molecule has 2 fully saturated rings. The maximum atomic E-state index is 13.4. The first-order valence-electron chi connectivity index (χ1n) is 12.3. The molecule has 0 radical (unpaired) electrons. The number of nitrogens with one attached hydrogen (secondary N) is 2. The molecule has 0 aromatic carbocycles. The average Bonchev–Trinajstić information content (AvgIpc) is 3.58. The van der Waals surface area contributed by atoms with Crippen LogP contribution in [0.2, 0.25) is 0 Å². The first-order valence-corrected chi connectivity index (χ1v) is 13.8. The molecular weight excluding hydrogens is 589 g/mol. The number of fused-ring (bicyclic) bond motifs is 1. The second kappa shape index (κ2) is 11.8. The van der Waals surface area contributed by atoms with Crippen LogP contribution in [-0.2, 0) is 32.6 Å². The number of rotatable bonds is 10. The number of aromatic amines is 2. The molecule has 0 saturated carbocycles. The maximum Gasteiger partial charge on any atom is 0.473 e. The van der Waals surface area contributed by atoms with Crippen LogP contribution in [0.4, 0.5) is 5.95 Å². The summed E-state index contributed by atoms with van der Waals surface area (Å²) in [6.45, 7) is -0.878. The molecule has 21 heteroatoms. The fourth-order valence-corrected chi connectivity index (χ4v) is 6.05. The zero-order valence-corrected chi connectivity index (χ0v) is 22.9. The minimum absolute atomic E-state index is 0.0904. The van der Waals surface area contributed by atoms with Gasteiger partial charge < -0.3 is 39.8 Å². The summed E-state index contributed by atoms with van der Waals surface area (Å²) in [4.78, 5) is 59.4. The zero-order chi connectivity index (χ0) is 30.3. The van der Waals surface area contributed by atoms with E-state index >= 15 is 0 Å². The Kier molecular flexibility index (Phi) is 8.45.